The van der Waals surface area contributed by atoms with E-state index in [1.165, 1.54) is 5.56 Å². The molecule has 0 saturated carbocycles. The molecule has 0 atom stereocenters. The SMILES string of the molecule is Cc1ccc(Cn2cc(/C=C3\SC(=O)N(CC(=O)Nc4ccc(F)cc4F)C3=O)c3ccccc32)cc1. The summed E-state index contributed by atoms with van der Waals surface area (Å²) in [6.07, 6.45) is 3.58. The van der Waals surface area contributed by atoms with Crippen LogP contribution in [-0.2, 0) is 16.1 Å². The van der Waals surface area contributed by atoms with Crippen LogP contribution in [0.15, 0.2) is 77.8 Å². The van der Waals surface area contributed by atoms with Crippen LogP contribution in [0, 0.1) is 18.6 Å². The van der Waals surface area contributed by atoms with Crippen molar-refractivity contribution < 1.29 is 23.2 Å². The third kappa shape index (κ3) is 5.17. The third-order valence-corrected chi connectivity index (χ3v) is 6.87. The summed E-state index contributed by atoms with van der Waals surface area (Å²) >= 11 is 0.739. The highest BCUT2D eigenvalue weighted by Gasteiger charge is 2.36. The number of carbonyl (C=O) groups is 3. The molecule has 3 aromatic carbocycles. The first-order valence-corrected chi connectivity index (χ1v) is 12.2. The van der Waals surface area contributed by atoms with E-state index in [1.807, 2.05) is 37.4 Å². The number of halogens is 2. The van der Waals surface area contributed by atoms with Crippen LogP contribution in [0.25, 0.3) is 17.0 Å². The van der Waals surface area contributed by atoms with Gasteiger partial charge in [-0.15, -0.1) is 0 Å². The van der Waals surface area contributed by atoms with Crippen molar-refractivity contribution in [3.63, 3.8) is 0 Å². The van der Waals surface area contributed by atoms with Gasteiger partial charge in [0.2, 0.25) is 5.91 Å². The fourth-order valence-electron chi connectivity index (χ4n) is 4.11. The summed E-state index contributed by atoms with van der Waals surface area (Å²) in [5.41, 5.74) is 3.81. The van der Waals surface area contributed by atoms with E-state index < -0.39 is 35.2 Å². The van der Waals surface area contributed by atoms with E-state index in [-0.39, 0.29) is 10.6 Å². The molecule has 0 spiro atoms. The molecular weight excluding hydrogens is 496 g/mol. The number of para-hydroxylation sites is 1. The Hall–Kier alpha value is -4.24. The highest BCUT2D eigenvalue weighted by molar-refractivity contribution is 8.18. The summed E-state index contributed by atoms with van der Waals surface area (Å²) in [5, 5.41) is 2.59. The van der Waals surface area contributed by atoms with E-state index in [1.54, 1.807) is 6.08 Å². The average Bonchev–Trinajstić information content (AvgIpc) is 3.34. The van der Waals surface area contributed by atoms with Gasteiger partial charge in [-0.05, 0) is 48.5 Å². The molecule has 1 saturated heterocycles. The minimum atomic E-state index is -0.954. The van der Waals surface area contributed by atoms with E-state index in [9.17, 15) is 23.2 Å². The number of hydrogen-bond acceptors (Lipinski definition) is 4. The Kier molecular flexibility index (Phi) is 6.62. The van der Waals surface area contributed by atoms with Gasteiger partial charge < -0.3 is 9.88 Å². The minimum Gasteiger partial charge on any atom is -0.342 e. The number of amides is 3. The summed E-state index contributed by atoms with van der Waals surface area (Å²) in [4.78, 5) is 38.9. The highest BCUT2D eigenvalue weighted by atomic mass is 32.2. The molecule has 9 heteroatoms. The van der Waals surface area contributed by atoms with Crippen molar-refractivity contribution in [1.82, 2.24) is 9.47 Å². The van der Waals surface area contributed by atoms with Crippen molar-refractivity contribution in [1.29, 1.82) is 0 Å². The molecule has 2 heterocycles. The van der Waals surface area contributed by atoms with Crippen LogP contribution < -0.4 is 5.32 Å². The van der Waals surface area contributed by atoms with Crippen molar-refractivity contribution >= 4 is 51.5 Å². The Balaban J connectivity index is 1.36. The zero-order chi connectivity index (χ0) is 26.1. The van der Waals surface area contributed by atoms with E-state index in [4.69, 9.17) is 0 Å². The Morgan fingerprint density at radius 3 is 2.54 bits per heavy atom. The normalized spacial score (nSPS) is 14.7. The number of nitrogens with zero attached hydrogens (tertiary/aromatic N) is 2. The number of aromatic nitrogens is 1. The molecule has 4 aromatic rings. The number of carbonyl (C=O) groups excluding carboxylic acids is 3. The summed E-state index contributed by atoms with van der Waals surface area (Å²) in [6, 6.07) is 18.7. The molecule has 37 heavy (non-hydrogen) atoms. The third-order valence-electron chi connectivity index (χ3n) is 5.96. The van der Waals surface area contributed by atoms with Gasteiger partial charge in [0.15, 0.2) is 0 Å². The first-order valence-electron chi connectivity index (χ1n) is 11.4. The Labute approximate surface area is 215 Å². The first kappa shape index (κ1) is 24.5. The lowest BCUT2D eigenvalue weighted by Crippen LogP contribution is -2.36. The minimum absolute atomic E-state index is 0.184. The van der Waals surface area contributed by atoms with E-state index in [2.05, 4.69) is 34.1 Å². The molecule has 1 aliphatic rings. The highest BCUT2D eigenvalue weighted by Crippen LogP contribution is 2.34. The molecule has 0 bridgehead atoms. The maximum Gasteiger partial charge on any atom is 0.294 e. The topological polar surface area (TPSA) is 71.4 Å². The largest absolute Gasteiger partial charge is 0.342 e. The summed E-state index contributed by atoms with van der Waals surface area (Å²) < 4.78 is 29.0. The summed E-state index contributed by atoms with van der Waals surface area (Å²) in [5.74, 6) is -3.12. The lowest BCUT2D eigenvalue weighted by Gasteiger charge is -2.12. The quantitative estimate of drug-likeness (QED) is 0.321. The number of fused-ring (bicyclic) bond motifs is 1. The van der Waals surface area contributed by atoms with Crippen LogP contribution >= 0.6 is 11.8 Å². The second kappa shape index (κ2) is 10.0. The maximum absolute atomic E-state index is 13.8. The van der Waals surface area contributed by atoms with Crippen LogP contribution in [0.4, 0.5) is 19.3 Å². The fraction of sp³-hybridized carbons (Fsp3) is 0.107. The maximum atomic E-state index is 13.8. The average molecular weight is 518 g/mol. The van der Waals surface area contributed by atoms with Crippen LogP contribution in [0.2, 0.25) is 0 Å². The van der Waals surface area contributed by atoms with Crippen molar-refractivity contribution in [3.05, 3.63) is 106 Å². The Morgan fingerprint density at radius 2 is 1.78 bits per heavy atom. The molecule has 3 amide bonds. The van der Waals surface area contributed by atoms with Crippen molar-refractivity contribution in [2.45, 2.75) is 13.5 Å². The number of nitrogens with one attached hydrogen (secondary N) is 1. The van der Waals surface area contributed by atoms with Crippen molar-refractivity contribution in [2.24, 2.45) is 0 Å². The van der Waals surface area contributed by atoms with Gasteiger partial charge in [-0.2, -0.15) is 0 Å². The summed E-state index contributed by atoms with van der Waals surface area (Å²) in [7, 11) is 0. The predicted octanol–water partition coefficient (Wildman–Crippen LogP) is 5.95. The zero-order valence-electron chi connectivity index (χ0n) is 19.7. The lowest BCUT2D eigenvalue weighted by molar-refractivity contribution is -0.127. The lowest BCUT2D eigenvalue weighted by atomic mass is 10.1. The summed E-state index contributed by atoms with van der Waals surface area (Å²) in [6.45, 7) is 2.08. The van der Waals surface area contributed by atoms with Gasteiger partial charge in [0.1, 0.15) is 18.2 Å². The monoisotopic (exact) mass is 517 g/mol. The molecule has 0 radical (unpaired) electrons. The van der Waals surface area contributed by atoms with E-state index >= 15 is 0 Å². The van der Waals surface area contributed by atoms with Gasteiger partial charge in [-0.1, -0.05) is 48.0 Å². The second-order valence-corrected chi connectivity index (χ2v) is 9.65. The molecule has 5 rings (SSSR count). The number of benzene rings is 3. The number of thioether (sulfide) groups is 1. The second-order valence-electron chi connectivity index (χ2n) is 8.66. The van der Waals surface area contributed by atoms with Crippen LogP contribution in [0.3, 0.4) is 0 Å². The molecule has 1 aliphatic heterocycles. The van der Waals surface area contributed by atoms with Gasteiger partial charge in [0.25, 0.3) is 11.1 Å². The number of imide groups is 1. The van der Waals surface area contributed by atoms with Crippen LogP contribution in [0.5, 0.6) is 0 Å². The molecule has 0 unspecified atom stereocenters. The van der Waals surface area contributed by atoms with E-state index in [0.29, 0.717) is 12.6 Å². The first-order chi connectivity index (χ1) is 17.8. The Bertz CT molecular complexity index is 1580. The fourth-order valence-corrected chi connectivity index (χ4v) is 4.94. The van der Waals surface area contributed by atoms with E-state index in [0.717, 1.165) is 50.8 Å². The van der Waals surface area contributed by atoms with Crippen LogP contribution in [0.1, 0.15) is 16.7 Å². The molecule has 0 aliphatic carbocycles. The molecular formula is C28H21F2N3O3S. The standard InChI is InChI=1S/C28H21F2N3O3S/c1-17-6-8-18(9-7-17)14-32-15-19(21-4-2-3-5-24(21)32)12-25-27(35)33(28(36)37-25)16-26(34)31-23-11-10-20(29)13-22(23)30/h2-13,15H,14,16H2,1H3,(H,31,34)/b25-12-. The smallest absolute Gasteiger partial charge is 0.294 e. The number of anilines is 1. The Morgan fingerprint density at radius 1 is 1.03 bits per heavy atom. The predicted molar refractivity (Wildman–Crippen MR) is 140 cm³/mol. The molecule has 6 nitrogen and oxygen atoms in total. The molecule has 1 N–H and O–H groups in total. The number of hydrogen-bond donors (Lipinski definition) is 1. The zero-order valence-corrected chi connectivity index (χ0v) is 20.5. The molecule has 1 fully saturated rings. The van der Waals surface area contributed by atoms with Gasteiger partial charge in [0.05, 0.1) is 10.6 Å². The van der Waals surface area contributed by atoms with Gasteiger partial charge in [-0.25, -0.2) is 8.78 Å². The van der Waals surface area contributed by atoms with Gasteiger partial charge in [-0.3, -0.25) is 19.3 Å². The van der Waals surface area contributed by atoms with Gasteiger partial charge >= 0.3 is 0 Å². The molecule has 1 aromatic heterocycles. The number of rotatable bonds is 6. The van der Waals surface area contributed by atoms with Crippen molar-refractivity contribution in [3.8, 4) is 0 Å². The van der Waals surface area contributed by atoms with Crippen LogP contribution in [-0.4, -0.2) is 33.1 Å². The number of aryl methyl sites for hydroxylation is 1. The van der Waals surface area contributed by atoms with Gasteiger partial charge in [0, 0.05) is 35.3 Å². The molecule has 186 valence electrons. The van der Waals surface area contributed by atoms with Crippen molar-refractivity contribution in [2.75, 3.05) is 11.9 Å².